The van der Waals surface area contributed by atoms with Crippen molar-refractivity contribution < 1.29 is 9.50 Å². The largest absolute Gasteiger partial charge is 0.385 e. The number of aliphatic hydroxyl groups is 1. The zero-order valence-corrected chi connectivity index (χ0v) is 10.8. The molecular weight excluding hydrogens is 239 g/mol. The number of rotatable bonds is 2. The molecule has 2 rings (SSSR count). The predicted octanol–water partition coefficient (Wildman–Crippen LogP) is 4.27. The van der Waals surface area contributed by atoms with Crippen molar-refractivity contribution in [3.05, 3.63) is 34.6 Å². The van der Waals surface area contributed by atoms with Crippen molar-refractivity contribution in [1.82, 2.24) is 0 Å². The maximum absolute atomic E-state index is 13.2. The Morgan fingerprint density at radius 1 is 1.41 bits per heavy atom. The van der Waals surface area contributed by atoms with E-state index in [2.05, 4.69) is 6.92 Å². The standard InChI is InChI=1S/C14H18ClFO/c1-2-10-5-7-14(17,8-6-10)12-9-11(16)3-4-13(12)15/h3-4,9-10,17H,2,5-8H2,1H3. The average Bonchev–Trinajstić information content (AvgIpc) is 2.33. The molecule has 1 aliphatic carbocycles. The van der Waals surface area contributed by atoms with Crippen LogP contribution in [0.5, 0.6) is 0 Å². The highest BCUT2D eigenvalue weighted by atomic mass is 35.5. The summed E-state index contributed by atoms with van der Waals surface area (Å²) in [7, 11) is 0. The van der Waals surface area contributed by atoms with Crippen molar-refractivity contribution in [3.8, 4) is 0 Å². The third-order valence-electron chi connectivity index (χ3n) is 3.94. The first kappa shape index (κ1) is 12.8. The molecular formula is C14H18ClFO. The van der Waals surface area contributed by atoms with Gasteiger partial charge in [0.2, 0.25) is 0 Å². The molecule has 3 heteroatoms. The van der Waals surface area contributed by atoms with Crippen LogP contribution in [-0.2, 0) is 5.60 Å². The molecule has 1 N–H and O–H groups in total. The Bertz CT molecular complexity index is 397. The smallest absolute Gasteiger partial charge is 0.123 e. The molecule has 1 saturated carbocycles. The molecule has 0 heterocycles. The lowest BCUT2D eigenvalue weighted by molar-refractivity contribution is -0.0147. The molecule has 0 saturated heterocycles. The van der Waals surface area contributed by atoms with Gasteiger partial charge in [0.05, 0.1) is 5.60 Å². The van der Waals surface area contributed by atoms with Crippen LogP contribution in [0.15, 0.2) is 18.2 Å². The zero-order valence-electron chi connectivity index (χ0n) is 10.0. The lowest BCUT2D eigenvalue weighted by atomic mass is 9.74. The lowest BCUT2D eigenvalue weighted by Crippen LogP contribution is -2.31. The Hall–Kier alpha value is -0.600. The Labute approximate surface area is 107 Å². The molecule has 0 atom stereocenters. The second kappa shape index (κ2) is 4.95. The minimum absolute atomic E-state index is 0.338. The summed E-state index contributed by atoms with van der Waals surface area (Å²) in [5.41, 5.74) is -0.390. The van der Waals surface area contributed by atoms with Crippen LogP contribution in [0.3, 0.4) is 0 Å². The van der Waals surface area contributed by atoms with Gasteiger partial charge in [-0.25, -0.2) is 4.39 Å². The van der Waals surface area contributed by atoms with E-state index in [1.54, 1.807) is 0 Å². The monoisotopic (exact) mass is 256 g/mol. The number of benzene rings is 1. The number of halogens is 2. The van der Waals surface area contributed by atoms with Crippen molar-refractivity contribution in [2.45, 2.75) is 44.6 Å². The molecule has 1 nitrogen and oxygen atoms in total. The highest BCUT2D eigenvalue weighted by molar-refractivity contribution is 6.31. The average molecular weight is 257 g/mol. The molecule has 17 heavy (non-hydrogen) atoms. The van der Waals surface area contributed by atoms with E-state index in [9.17, 15) is 9.50 Å². The van der Waals surface area contributed by atoms with Crippen LogP contribution in [0.25, 0.3) is 0 Å². The number of hydrogen-bond acceptors (Lipinski definition) is 1. The van der Waals surface area contributed by atoms with Crippen LogP contribution in [0, 0.1) is 11.7 Å². The lowest BCUT2D eigenvalue weighted by Gasteiger charge is -2.36. The maximum Gasteiger partial charge on any atom is 0.123 e. The molecule has 0 aliphatic heterocycles. The molecule has 1 aromatic rings. The van der Waals surface area contributed by atoms with E-state index < -0.39 is 5.60 Å². The third kappa shape index (κ3) is 2.63. The highest BCUT2D eigenvalue weighted by Gasteiger charge is 2.35. The van der Waals surface area contributed by atoms with Gasteiger partial charge >= 0.3 is 0 Å². The van der Waals surface area contributed by atoms with Gasteiger partial charge in [-0.15, -0.1) is 0 Å². The molecule has 0 amide bonds. The van der Waals surface area contributed by atoms with Crippen LogP contribution in [-0.4, -0.2) is 5.11 Å². The van der Waals surface area contributed by atoms with Crippen molar-refractivity contribution in [1.29, 1.82) is 0 Å². The third-order valence-corrected chi connectivity index (χ3v) is 4.27. The maximum atomic E-state index is 13.2. The van der Waals surface area contributed by atoms with E-state index in [0.29, 0.717) is 29.3 Å². The van der Waals surface area contributed by atoms with Crippen LogP contribution in [0.2, 0.25) is 5.02 Å². The van der Waals surface area contributed by atoms with Gasteiger partial charge in [-0.1, -0.05) is 24.9 Å². The molecule has 0 bridgehead atoms. The summed E-state index contributed by atoms with van der Waals surface area (Å²) < 4.78 is 13.2. The summed E-state index contributed by atoms with van der Waals surface area (Å²) in [6, 6.07) is 4.22. The first-order chi connectivity index (χ1) is 8.05. The minimum atomic E-state index is -0.940. The fourth-order valence-corrected chi connectivity index (χ4v) is 2.98. The molecule has 0 aromatic heterocycles. The Balaban J connectivity index is 2.24. The minimum Gasteiger partial charge on any atom is -0.385 e. The SMILES string of the molecule is CCC1CCC(O)(c2cc(F)ccc2Cl)CC1. The van der Waals surface area contributed by atoms with Crippen LogP contribution in [0.1, 0.15) is 44.6 Å². The van der Waals surface area contributed by atoms with Crippen LogP contribution < -0.4 is 0 Å². The Kier molecular flexibility index (Phi) is 3.74. The van der Waals surface area contributed by atoms with Gasteiger partial charge in [0.15, 0.2) is 0 Å². The Morgan fingerprint density at radius 3 is 2.65 bits per heavy atom. The van der Waals surface area contributed by atoms with E-state index in [4.69, 9.17) is 11.6 Å². The first-order valence-electron chi connectivity index (χ1n) is 6.23. The fourth-order valence-electron chi connectivity index (χ4n) is 2.69. The van der Waals surface area contributed by atoms with E-state index >= 15 is 0 Å². The summed E-state index contributed by atoms with van der Waals surface area (Å²) in [5, 5.41) is 11.1. The highest BCUT2D eigenvalue weighted by Crippen LogP contribution is 2.42. The van der Waals surface area contributed by atoms with Crippen molar-refractivity contribution >= 4 is 11.6 Å². The van der Waals surface area contributed by atoms with E-state index in [0.717, 1.165) is 19.3 Å². The molecule has 94 valence electrons. The normalized spacial score (nSPS) is 29.3. The van der Waals surface area contributed by atoms with Crippen molar-refractivity contribution in [2.24, 2.45) is 5.92 Å². The van der Waals surface area contributed by atoms with Gasteiger partial charge in [0.1, 0.15) is 5.82 Å². The van der Waals surface area contributed by atoms with Gasteiger partial charge in [0.25, 0.3) is 0 Å². The Morgan fingerprint density at radius 2 is 2.06 bits per heavy atom. The summed E-state index contributed by atoms with van der Waals surface area (Å²) >= 11 is 6.06. The molecule has 0 unspecified atom stereocenters. The summed E-state index contributed by atoms with van der Waals surface area (Å²) in [6.45, 7) is 2.17. The van der Waals surface area contributed by atoms with Crippen molar-refractivity contribution in [2.75, 3.05) is 0 Å². The summed E-state index contributed by atoms with van der Waals surface area (Å²) in [5.74, 6) is 0.345. The van der Waals surface area contributed by atoms with E-state index in [1.165, 1.54) is 18.2 Å². The van der Waals surface area contributed by atoms with E-state index in [-0.39, 0.29) is 5.82 Å². The molecule has 1 aliphatic rings. The van der Waals surface area contributed by atoms with E-state index in [1.807, 2.05) is 0 Å². The van der Waals surface area contributed by atoms with Crippen LogP contribution >= 0.6 is 11.6 Å². The second-order valence-electron chi connectivity index (χ2n) is 5.01. The van der Waals surface area contributed by atoms with Gasteiger partial charge in [-0.3, -0.25) is 0 Å². The van der Waals surface area contributed by atoms with Gasteiger partial charge in [0, 0.05) is 10.6 Å². The second-order valence-corrected chi connectivity index (χ2v) is 5.41. The molecule has 1 aromatic carbocycles. The topological polar surface area (TPSA) is 20.2 Å². The quantitative estimate of drug-likeness (QED) is 0.838. The van der Waals surface area contributed by atoms with Gasteiger partial charge in [-0.2, -0.15) is 0 Å². The zero-order chi connectivity index (χ0) is 12.5. The summed E-state index contributed by atoms with van der Waals surface area (Å²) in [6.07, 6.45) is 4.47. The molecule has 1 fully saturated rings. The predicted molar refractivity (Wildman–Crippen MR) is 67.6 cm³/mol. The fraction of sp³-hybridized carbons (Fsp3) is 0.571. The van der Waals surface area contributed by atoms with Gasteiger partial charge < -0.3 is 5.11 Å². The van der Waals surface area contributed by atoms with Crippen molar-refractivity contribution in [3.63, 3.8) is 0 Å². The van der Waals surface area contributed by atoms with Gasteiger partial charge in [-0.05, 0) is 49.8 Å². The molecule has 0 radical (unpaired) electrons. The summed E-state index contributed by atoms with van der Waals surface area (Å²) in [4.78, 5) is 0. The molecule has 0 spiro atoms. The number of hydrogen-bond donors (Lipinski definition) is 1. The van der Waals surface area contributed by atoms with Crippen LogP contribution in [0.4, 0.5) is 4.39 Å². The first-order valence-corrected chi connectivity index (χ1v) is 6.61.